The van der Waals surface area contributed by atoms with Gasteiger partial charge in [-0.3, -0.25) is 14.5 Å². The van der Waals surface area contributed by atoms with E-state index in [2.05, 4.69) is 15.5 Å². The van der Waals surface area contributed by atoms with E-state index in [1.165, 1.54) is 0 Å². The van der Waals surface area contributed by atoms with Crippen molar-refractivity contribution in [3.8, 4) is 17.1 Å². The summed E-state index contributed by atoms with van der Waals surface area (Å²) in [7, 11) is 0. The molecule has 1 amide bonds. The summed E-state index contributed by atoms with van der Waals surface area (Å²) < 4.78 is 12.8. The number of carbonyl (C=O) groups is 1. The van der Waals surface area contributed by atoms with E-state index in [0.29, 0.717) is 23.0 Å². The van der Waals surface area contributed by atoms with E-state index in [4.69, 9.17) is 21.4 Å². The second-order valence-corrected chi connectivity index (χ2v) is 6.09. The molecule has 1 atom stereocenters. The van der Waals surface area contributed by atoms with Crippen molar-refractivity contribution in [3.63, 3.8) is 0 Å². The zero-order valence-electron chi connectivity index (χ0n) is 14.6. The van der Waals surface area contributed by atoms with Crippen molar-refractivity contribution < 1.29 is 13.9 Å². The summed E-state index contributed by atoms with van der Waals surface area (Å²) in [5.74, 6) is 1.89. The maximum Gasteiger partial charge on any atom is 0.240 e. The number of nitrogens with one attached hydrogen (secondary N) is 2. The molecule has 0 saturated heterocycles. The molecule has 8 heteroatoms. The average Bonchev–Trinajstić information content (AvgIpc) is 3.27. The zero-order valence-corrected chi connectivity index (χ0v) is 15.4. The molecule has 0 aliphatic heterocycles. The van der Waals surface area contributed by atoms with Crippen LogP contribution < -0.4 is 10.1 Å². The van der Waals surface area contributed by atoms with Gasteiger partial charge in [0.15, 0.2) is 10.6 Å². The topological polar surface area (TPSA) is 85.1 Å². The van der Waals surface area contributed by atoms with E-state index >= 15 is 0 Å². The summed E-state index contributed by atoms with van der Waals surface area (Å²) in [6.45, 7) is 4.45. The van der Waals surface area contributed by atoms with Crippen LogP contribution in [0, 0.1) is 4.77 Å². The fourth-order valence-corrected chi connectivity index (χ4v) is 2.79. The van der Waals surface area contributed by atoms with E-state index in [1.807, 2.05) is 44.2 Å². The highest BCUT2D eigenvalue weighted by Crippen LogP contribution is 2.21. The number of benzene rings is 1. The number of carbonyl (C=O) groups excluding carboxylic acids is 1. The van der Waals surface area contributed by atoms with Crippen molar-refractivity contribution in [2.45, 2.75) is 26.4 Å². The van der Waals surface area contributed by atoms with Crippen LogP contribution >= 0.6 is 12.2 Å². The van der Waals surface area contributed by atoms with Crippen molar-refractivity contribution in [2.75, 3.05) is 6.61 Å². The normalized spacial score (nSPS) is 11.9. The molecule has 2 aromatic heterocycles. The van der Waals surface area contributed by atoms with Gasteiger partial charge in [0.1, 0.15) is 18.1 Å². The molecule has 136 valence electrons. The molecule has 3 rings (SSSR count). The van der Waals surface area contributed by atoms with Crippen LogP contribution in [0.4, 0.5) is 0 Å². The van der Waals surface area contributed by atoms with Crippen LogP contribution in [0.25, 0.3) is 11.4 Å². The van der Waals surface area contributed by atoms with Gasteiger partial charge < -0.3 is 14.5 Å². The van der Waals surface area contributed by atoms with E-state index in [1.54, 1.807) is 16.9 Å². The highest BCUT2D eigenvalue weighted by Gasteiger charge is 2.16. The van der Waals surface area contributed by atoms with Gasteiger partial charge in [0, 0.05) is 5.56 Å². The van der Waals surface area contributed by atoms with Crippen LogP contribution in [0.5, 0.6) is 5.75 Å². The highest BCUT2D eigenvalue weighted by atomic mass is 32.1. The molecule has 1 aromatic carbocycles. The first-order valence-electron chi connectivity index (χ1n) is 8.29. The standard InChI is InChI=1S/C18H20N4O3S/c1-3-24-14-8-6-13(7-9-14)17-20-21-18(26)22(17)11-16(23)19-12(2)15-5-4-10-25-15/h4-10,12H,3,11H2,1-2H3,(H,19,23)(H,21,26). The highest BCUT2D eigenvalue weighted by molar-refractivity contribution is 7.71. The lowest BCUT2D eigenvalue weighted by atomic mass is 10.2. The molecule has 0 spiro atoms. The lowest BCUT2D eigenvalue weighted by Crippen LogP contribution is -2.30. The minimum Gasteiger partial charge on any atom is -0.494 e. The number of hydrogen-bond acceptors (Lipinski definition) is 5. The van der Waals surface area contributed by atoms with Gasteiger partial charge >= 0.3 is 0 Å². The molecule has 2 heterocycles. The number of nitrogens with zero attached hydrogens (tertiary/aromatic N) is 2. The summed E-state index contributed by atoms with van der Waals surface area (Å²) in [6.07, 6.45) is 1.58. The Morgan fingerprint density at radius 1 is 1.38 bits per heavy atom. The van der Waals surface area contributed by atoms with Crippen LogP contribution in [-0.4, -0.2) is 27.3 Å². The maximum atomic E-state index is 12.4. The molecular weight excluding hydrogens is 352 g/mol. The van der Waals surface area contributed by atoms with Crippen molar-refractivity contribution >= 4 is 18.1 Å². The quantitative estimate of drug-likeness (QED) is 0.620. The molecular formula is C18H20N4O3S. The van der Waals surface area contributed by atoms with E-state index < -0.39 is 0 Å². The number of ether oxygens (including phenoxy) is 1. The predicted molar refractivity (Wildman–Crippen MR) is 99.3 cm³/mol. The predicted octanol–water partition coefficient (Wildman–Crippen LogP) is 3.48. The van der Waals surface area contributed by atoms with Crippen LogP contribution in [0.3, 0.4) is 0 Å². The molecule has 0 fully saturated rings. The maximum absolute atomic E-state index is 12.4. The second kappa shape index (κ2) is 8.01. The first-order valence-corrected chi connectivity index (χ1v) is 8.70. The lowest BCUT2D eigenvalue weighted by Gasteiger charge is -2.13. The van der Waals surface area contributed by atoms with E-state index in [0.717, 1.165) is 11.3 Å². The van der Waals surface area contributed by atoms with Gasteiger partial charge in [-0.05, 0) is 62.5 Å². The number of rotatable bonds is 7. The molecule has 0 saturated carbocycles. The van der Waals surface area contributed by atoms with Crippen LogP contribution in [0.15, 0.2) is 47.1 Å². The van der Waals surface area contributed by atoms with Crippen molar-refractivity contribution in [1.29, 1.82) is 0 Å². The SMILES string of the molecule is CCOc1ccc(-c2n[nH]c(=S)n2CC(=O)NC(C)c2ccco2)cc1. The van der Waals surface area contributed by atoms with Gasteiger partial charge in [-0.15, -0.1) is 0 Å². The largest absolute Gasteiger partial charge is 0.494 e. The van der Waals surface area contributed by atoms with Gasteiger partial charge in [0.25, 0.3) is 0 Å². The monoisotopic (exact) mass is 372 g/mol. The third-order valence-corrected chi connectivity index (χ3v) is 4.14. The molecule has 7 nitrogen and oxygen atoms in total. The molecule has 0 radical (unpaired) electrons. The number of aromatic nitrogens is 3. The first kappa shape index (κ1) is 17.9. The number of hydrogen-bond donors (Lipinski definition) is 2. The number of amides is 1. The number of furan rings is 1. The molecule has 0 aliphatic carbocycles. The Kier molecular flexibility index (Phi) is 5.52. The lowest BCUT2D eigenvalue weighted by molar-refractivity contribution is -0.122. The fourth-order valence-electron chi connectivity index (χ4n) is 2.59. The molecule has 1 unspecified atom stereocenters. The number of H-pyrrole nitrogens is 1. The summed E-state index contributed by atoms with van der Waals surface area (Å²) in [5.41, 5.74) is 0.840. The summed E-state index contributed by atoms with van der Waals surface area (Å²) in [4.78, 5) is 12.4. The van der Waals surface area contributed by atoms with Crippen LogP contribution in [-0.2, 0) is 11.3 Å². The second-order valence-electron chi connectivity index (χ2n) is 5.70. The Bertz CT molecular complexity index is 913. The molecule has 26 heavy (non-hydrogen) atoms. The van der Waals surface area contributed by atoms with E-state index in [9.17, 15) is 4.79 Å². The average molecular weight is 372 g/mol. The third kappa shape index (κ3) is 4.02. The van der Waals surface area contributed by atoms with Crippen LogP contribution in [0.1, 0.15) is 25.6 Å². The van der Waals surface area contributed by atoms with Gasteiger partial charge in [-0.25, -0.2) is 0 Å². The minimum atomic E-state index is -0.229. The summed E-state index contributed by atoms with van der Waals surface area (Å²) in [6, 6.07) is 10.9. The Hall–Kier alpha value is -2.87. The Morgan fingerprint density at radius 3 is 2.81 bits per heavy atom. The Balaban J connectivity index is 1.75. The van der Waals surface area contributed by atoms with Gasteiger partial charge in [0.2, 0.25) is 5.91 Å². The van der Waals surface area contributed by atoms with Crippen molar-refractivity contribution in [2.24, 2.45) is 0 Å². The summed E-state index contributed by atoms with van der Waals surface area (Å²) in [5, 5.41) is 9.89. The first-order chi connectivity index (χ1) is 12.6. The van der Waals surface area contributed by atoms with Gasteiger partial charge in [-0.2, -0.15) is 5.10 Å². The zero-order chi connectivity index (χ0) is 18.5. The molecule has 0 bridgehead atoms. The van der Waals surface area contributed by atoms with E-state index in [-0.39, 0.29) is 18.5 Å². The molecule has 2 N–H and O–H groups in total. The van der Waals surface area contributed by atoms with Gasteiger partial charge in [-0.1, -0.05) is 0 Å². The Morgan fingerprint density at radius 2 is 2.15 bits per heavy atom. The molecule has 3 aromatic rings. The summed E-state index contributed by atoms with van der Waals surface area (Å²) >= 11 is 5.27. The Labute approximate surface area is 156 Å². The van der Waals surface area contributed by atoms with Gasteiger partial charge in [0.05, 0.1) is 18.9 Å². The van der Waals surface area contributed by atoms with Crippen molar-refractivity contribution in [3.05, 3.63) is 53.2 Å². The third-order valence-electron chi connectivity index (χ3n) is 3.83. The smallest absolute Gasteiger partial charge is 0.240 e. The number of aromatic amines is 1. The fraction of sp³-hybridized carbons (Fsp3) is 0.278. The molecule has 0 aliphatic rings. The van der Waals surface area contributed by atoms with Crippen LogP contribution in [0.2, 0.25) is 0 Å². The van der Waals surface area contributed by atoms with Crippen molar-refractivity contribution in [1.82, 2.24) is 20.1 Å². The minimum absolute atomic E-state index is 0.0585.